The molecule has 0 heterocycles. The number of rotatable bonds is 5. The largest absolute Gasteiger partial charge is 0.465 e. The van der Waals surface area contributed by atoms with Crippen LogP contribution in [-0.2, 0) is 9.84 Å². The van der Waals surface area contributed by atoms with Crippen LogP contribution in [0.3, 0.4) is 0 Å². The molecule has 106 valence electrons. The summed E-state index contributed by atoms with van der Waals surface area (Å²) in [5, 5.41) is 20.4. The van der Waals surface area contributed by atoms with Gasteiger partial charge in [0.1, 0.15) is 0 Å². The van der Waals surface area contributed by atoms with E-state index in [9.17, 15) is 18.3 Å². The third-order valence-corrected chi connectivity index (χ3v) is 4.49. The van der Waals surface area contributed by atoms with Crippen LogP contribution in [0, 0.1) is 0 Å². The van der Waals surface area contributed by atoms with E-state index >= 15 is 0 Å². The lowest BCUT2D eigenvalue weighted by molar-refractivity contribution is 0.133. The van der Waals surface area contributed by atoms with Gasteiger partial charge in [0.15, 0.2) is 9.84 Å². The number of carbonyl (C=O) groups is 1. The van der Waals surface area contributed by atoms with Crippen LogP contribution in [0.5, 0.6) is 0 Å². The van der Waals surface area contributed by atoms with Gasteiger partial charge in [-0.15, -0.1) is 0 Å². The molecule has 0 spiro atoms. The van der Waals surface area contributed by atoms with Gasteiger partial charge < -0.3 is 15.5 Å². The van der Waals surface area contributed by atoms with E-state index in [4.69, 9.17) is 5.11 Å². The smallest absolute Gasteiger partial charge is 0.405 e. The van der Waals surface area contributed by atoms with Gasteiger partial charge in [0.2, 0.25) is 0 Å². The zero-order valence-corrected chi connectivity index (χ0v) is 11.5. The maximum atomic E-state index is 11.6. The molecule has 2 atom stereocenters. The summed E-state index contributed by atoms with van der Waals surface area (Å²) < 4.78 is 23.3. The summed E-state index contributed by atoms with van der Waals surface area (Å²) >= 11 is 0. The molecule has 0 aliphatic carbocycles. The second kappa shape index (κ2) is 6.03. The van der Waals surface area contributed by atoms with Crippen molar-refractivity contribution in [1.29, 1.82) is 0 Å². The highest BCUT2D eigenvalue weighted by Crippen LogP contribution is 2.20. The fourth-order valence-electron chi connectivity index (χ4n) is 1.66. The summed E-state index contributed by atoms with van der Waals surface area (Å²) in [6.45, 7) is 3.01. The molecule has 0 radical (unpaired) electrons. The highest BCUT2D eigenvalue weighted by atomic mass is 32.2. The molecule has 1 aromatic rings. The van der Waals surface area contributed by atoms with Crippen molar-refractivity contribution in [2.45, 2.75) is 30.9 Å². The molecular formula is C12H17NO5S. The summed E-state index contributed by atoms with van der Waals surface area (Å²) in [7, 11) is -3.28. The van der Waals surface area contributed by atoms with E-state index < -0.39 is 28.1 Å². The van der Waals surface area contributed by atoms with Gasteiger partial charge in [-0.25, -0.2) is 13.2 Å². The van der Waals surface area contributed by atoms with Gasteiger partial charge in [-0.05, 0) is 24.6 Å². The first-order valence-electron chi connectivity index (χ1n) is 5.78. The molecule has 0 aliphatic heterocycles. The molecule has 0 saturated carbocycles. The Morgan fingerprint density at radius 3 is 2.21 bits per heavy atom. The molecule has 1 aromatic carbocycles. The molecule has 1 amide bonds. The van der Waals surface area contributed by atoms with Crippen molar-refractivity contribution >= 4 is 15.9 Å². The number of amides is 1. The molecule has 3 N–H and O–H groups in total. The van der Waals surface area contributed by atoms with Gasteiger partial charge in [-0.2, -0.15) is 0 Å². The Morgan fingerprint density at radius 2 is 1.84 bits per heavy atom. The minimum Gasteiger partial charge on any atom is -0.465 e. The third-order valence-electron chi connectivity index (χ3n) is 2.74. The molecule has 6 nitrogen and oxygen atoms in total. The van der Waals surface area contributed by atoms with E-state index in [1.165, 1.54) is 31.2 Å². The number of hydrogen-bond donors (Lipinski definition) is 3. The maximum Gasteiger partial charge on any atom is 0.405 e. The quantitative estimate of drug-likeness (QED) is 0.754. The zero-order chi connectivity index (χ0) is 14.6. The lowest BCUT2D eigenvalue weighted by atomic mass is 10.0. The second-order valence-electron chi connectivity index (χ2n) is 4.14. The fourth-order valence-corrected chi connectivity index (χ4v) is 2.55. The van der Waals surface area contributed by atoms with Crippen molar-refractivity contribution in [3.05, 3.63) is 29.8 Å². The normalized spacial score (nSPS) is 14.7. The van der Waals surface area contributed by atoms with Crippen molar-refractivity contribution in [3.63, 3.8) is 0 Å². The Kier molecular flexibility index (Phi) is 4.90. The van der Waals surface area contributed by atoms with E-state index in [-0.39, 0.29) is 10.6 Å². The van der Waals surface area contributed by atoms with Crippen molar-refractivity contribution in [2.75, 3.05) is 5.75 Å². The number of benzene rings is 1. The molecular weight excluding hydrogens is 270 g/mol. The van der Waals surface area contributed by atoms with Crippen LogP contribution >= 0.6 is 0 Å². The molecule has 0 aliphatic rings. The summed E-state index contributed by atoms with van der Waals surface area (Å²) in [4.78, 5) is 10.8. The molecule has 0 unspecified atom stereocenters. The molecule has 1 rings (SSSR count). The van der Waals surface area contributed by atoms with Crippen LogP contribution in [0.15, 0.2) is 29.2 Å². The van der Waals surface area contributed by atoms with Crippen molar-refractivity contribution in [3.8, 4) is 0 Å². The monoisotopic (exact) mass is 287 g/mol. The number of carboxylic acid groups (broad SMARTS) is 1. The highest BCUT2D eigenvalue weighted by Gasteiger charge is 2.20. The van der Waals surface area contributed by atoms with Crippen LogP contribution < -0.4 is 5.32 Å². The number of nitrogens with one attached hydrogen (secondary N) is 1. The van der Waals surface area contributed by atoms with E-state index in [0.717, 1.165) is 0 Å². The lowest BCUT2D eigenvalue weighted by Crippen LogP contribution is -2.33. The van der Waals surface area contributed by atoms with Crippen LogP contribution in [0.2, 0.25) is 0 Å². The maximum absolute atomic E-state index is 11.6. The first-order chi connectivity index (χ1) is 8.77. The molecule has 0 fully saturated rings. The Hall–Kier alpha value is -1.60. The number of aliphatic hydroxyl groups excluding tert-OH is 1. The lowest BCUT2D eigenvalue weighted by Gasteiger charge is -2.20. The first-order valence-corrected chi connectivity index (χ1v) is 7.43. The Bertz CT molecular complexity index is 536. The minimum absolute atomic E-state index is 0.000443. The molecule has 0 aromatic heterocycles. The van der Waals surface area contributed by atoms with Crippen LogP contribution in [-0.4, -0.2) is 36.6 Å². The predicted octanol–water partition coefficient (Wildman–Crippen LogP) is 1.17. The number of aliphatic hydroxyl groups is 1. The average Bonchev–Trinajstić information content (AvgIpc) is 2.35. The van der Waals surface area contributed by atoms with Gasteiger partial charge in [0.25, 0.3) is 0 Å². The molecule has 7 heteroatoms. The zero-order valence-electron chi connectivity index (χ0n) is 10.7. The summed E-state index contributed by atoms with van der Waals surface area (Å²) in [5.41, 5.74) is 0.507. The number of hydrogen-bond acceptors (Lipinski definition) is 4. The second-order valence-corrected chi connectivity index (χ2v) is 6.42. The summed E-state index contributed by atoms with van der Waals surface area (Å²) in [5.74, 6) is -0.000443. The predicted molar refractivity (Wildman–Crippen MR) is 69.8 cm³/mol. The third kappa shape index (κ3) is 3.93. The number of sulfone groups is 1. The Morgan fingerprint density at radius 1 is 1.32 bits per heavy atom. The summed E-state index contributed by atoms with van der Waals surface area (Å²) in [6.07, 6.45) is -2.18. The van der Waals surface area contributed by atoms with Crippen molar-refractivity contribution < 1.29 is 23.4 Å². The first kappa shape index (κ1) is 15.5. The van der Waals surface area contributed by atoms with Gasteiger partial charge in [0, 0.05) is 0 Å². The topological polar surface area (TPSA) is 104 Å². The van der Waals surface area contributed by atoms with Crippen LogP contribution in [0.4, 0.5) is 4.79 Å². The summed E-state index contributed by atoms with van der Waals surface area (Å²) in [6, 6.07) is 5.02. The highest BCUT2D eigenvalue weighted by molar-refractivity contribution is 7.91. The van der Waals surface area contributed by atoms with Crippen molar-refractivity contribution in [1.82, 2.24) is 5.32 Å². The van der Waals surface area contributed by atoms with Gasteiger partial charge in [0.05, 0.1) is 22.8 Å². The standard InChI is InChI=1S/C12H17NO5S/c1-3-19(17,18)10-6-4-9(5-7-10)11(8(2)14)13-12(15)16/h4-8,11,13-14H,3H2,1-2H3,(H,15,16)/t8-,11+/m0/s1. The Labute approximate surface area is 112 Å². The average molecular weight is 287 g/mol. The molecule has 0 saturated heterocycles. The van der Waals surface area contributed by atoms with Crippen LogP contribution in [0.1, 0.15) is 25.5 Å². The van der Waals surface area contributed by atoms with Gasteiger partial charge >= 0.3 is 6.09 Å². The SMILES string of the molecule is CCS(=O)(=O)c1ccc([C@H](NC(=O)O)[C@H](C)O)cc1. The van der Waals surface area contributed by atoms with Gasteiger partial charge in [-0.1, -0.05) is 19.1 Å². The van der Waals surface area contributed by atoms with Crippen LogP contribution in [0.25, 0.3) is 0 Å². The minimum atomic E-state index is -3.28. The van der Waals surface area contributed by atoms with E-state index in [2.05, 4.69) is 5.32 Å². The van der Waals surface area contributed by atoms with E-state index in [1.807, 2.05) is 0 Å². The Balaban J connectivity index is 3.05. The van der Waals surface area contributed by atoms with E-state index in [0.29, 0.717) is 5.56 Å². The van der Waals surface area contributed by atoms with Gasteiger partial charge in [-0.3, -0.25) is 0 Å². The molecule has 19 heavy (non-hydrogen) atoms. The fraction of sp³-hybridized carbons (Fsp3) is 0.417. The molecule has 0 bridgehead atoms. The van der Waals surface area contributed by atoms with E-state index in [1.54, 1.807) is 6.92 Å². The van der Waals surface area contributed by atoms with Crippen molar-refractivity contribution in [2.24, 2.45) is 0 Å².